The molecule has 1 atom stereocenters. The third kappa shape index (κ3) is 2.67. The number of hydrogen-bond acceptors (Lipinski definition) is 2. The largest absolute Gasteiger partial charge is 0.368 e. The summed E-state index contributed by atoms with van der Waals surface area (Å²) in [6.45, 7) is 4.66. The van der Waals surface area contributed by atoms with Crippen molar-refractivity contribution in [1.29, 1.82) is 0 Å². The smallest absolute Gasteiger partial charge is 0.156 e. The quantitative estimate of drug-likeness (QED) is 0.604. The molecule has 1 aliphatic carbocycles. The van der Waals surface area contributed by atoms with Gasteiger partial charge in [0.1, 0.15) is 0 Å². The molecule has 0 heterocycles. The molecule has 1 N–H and O–H groups in total. The van der Waals surface area contributed by atoms with Crippen LogP contribution in [0.2, 0.25) is 0 Å². The van der Waals surface area contributed by atoms with Crippen LogP contribution in [-0.2, 0) is 4.74 Å². The van der Waals surface area contributed by atoms with Gasteiger partial charge in [0.25, 0.3) is 0 Å². The summed E-state index contributed by atoms with van der Waals surface area (Å²) in [5.41, 5.74) is 0. The fraction of sp³-hybridized carbons (Fsp3) is 1.00. The molecular formula is C8H16O2. The number of rotatable bonds is 4. The van der Waals surface area contributed by atoms with Crippen molar-refractivity contribution in [2.45, 2.75) is 33.0 Å². The van der Waals surface area contributed by atoms with Crippen LogP contribution in [0.5, 0.6) is 0 Å². The molecule has 2 nitrogen and oxygen atoms in total. The Kier molecular flexibility index (Phi) is 2.69. The van der Waals surface area contributed by atoms with Crippen molar-refractivity contribution in [3.05, 3.63) is 0 Å². The van der Waals surface area contributed by atoms with Gasteiger partial charge in [-0.05, 0) is 18.8 Å². The zero-order valence-electron chi connectivity index (χ0n) is 6.71. The first kappa shape index (κ1) is 8.02. The summed E-state index contributed by atoms with van der Waals surface area (Å²) in [6.07, 6.45) is 2.01. The second-order valence-corrected chi connectivity index (χ2v) is 3.41. The highest BCUT2D eigenvalue weighted by molar-refractivity contribution is 4.72. The molecule has 0 bridgehead atoms. The van der Waals surface area contributed by atoms with Crippen LogP contribution < -0.4 is 0 Å². The van der Waals surface area contributed by atoms with Gasteiger partial charge in [-0.3, -0.25) is 0 Å². The van der Waals surface area contributed by atoms with E-state index in [4.69, 9.17) is 4.74 Å². The summed E-state index contributed by atoms with van der Waals surface area (Å²) >= 11 is 0. The lowest BCUT2D eigenvalue weighted by molar-refractivity contribution is -0.129. The molecule has 0 saturated heterocycles. The van der Waals surface area contributed by atoms with E-state index in [0.29, 0.717) is 0 Å². The summed E-state index contributed by atoms with van der Waals surface area (Å²) in [6, 6.07) is 0. The summed E-state index contributed by atoms with van der Waals surface area (Å²) in [5, 5.41) is 9.18. The van der Waals surface area contributed by atoms with Gasteiger partial charge in [-0.25, -0.2) is 0 Å². The lowest BCUT2D eigenvalue weighted by atomic mass is 10.2. The Balaban J connectivity index is 1.99. The van der Waals surface area contributed by atoms with Gasteiger partial charge >= 0.3 is 0 Å². The molecule has 0 aromatic carbocycles. The van der Waals surface area contributed by atoms with Gasteiger partial charge in [0.15, 0.2) is 6.29 Å². The fourth-order valence-electron chi connectivity index (χ4n) is 0.712. The molecule has 1 aliphatic rings. The molecule has 0 amide bonds. The molecule has 0 aromatic heterocycles. The van der Waals surface area contributed by atoms with E-state index in [-0.39, 0.29) is 5.92 Å². The standard InChI is InChI=1S/C8H16O2/c1-6(2)8(9)10-5-7-3-4-7/h6-9H,3-5H2,1-2H3. The number of ether oxygens (including phenoxy) is 1. The van der Waals surface area contributed by atoms with E-state index in [0.717, 1.165) is 12.5 Å². The minimum Gasteiger partial charge on any atom is -0.368 e. The first-order valence-corrected chi connectivity index (χ1v) is 4.00. The van der Waals surface area contributed by atoms with E-state index >= 15 is 0 Å². The Morgan fingerprint density at radius 2 is 2.10 bits per heavy atom. The summed E-state index contributed by atoms with van der Waals surface area (Å²) in [5.74, 6) is 0.965. The summed E-state index contributed by atoms with van der Waals surface area (Å²) in [7, 11) is 0. The molecule has 1 saturated carbocycles. The first-order valence-electron chi connectivity index (χ1n) is 4.00. The van der Waals surface area contributed by atoms with E-state index in [9.17, 15) is 5.11 Å². The summed E-state index contributed by atoms with van der Waals surface area (Å²) < 4.78 is 5.18. The molecule has 60 valence electrons. The van der Waals surface area contributed by atoms with E-state index in [1.165, 1.54) is 12.8 Å². The highest BCUT2D eigenvalue weighted by Crippen LogP contribution is 2.29. The molecule has 0 aliphatic heterocycles. The maximum atomic E-state index is 9.18. The van der Waals surface area contributed by atoms with E-state index in [1.807, 2.05) is 13.8 Å². The van der Waals surface area contributed by atoms with Gasteiger partial charge in [-0.1, -0.05) is 13.8 Å². The van der Waals surface area contributed by atoms with Crippen molar-refractivity contribution in [1.82, 2.24) is 0 Å². The lowest BCUT2D eigenvalue weighted by Crippen LogP contribution is -2.19. The molecule has 1 rings (SSSR count). The average molecular weight is 144 g/mol. The van der Waals surface area contributed by atoms with Crippen molar-refractivity contribution in [2.24, 2.45) is 11.8 Å². The monoisotopic (exact) mass is 144 g/mol. The predicted octanol–water partition coefficient (Wildman–Crippen LogP) is 1.39. The number of aliphatic hydroxyl groups is 1. The van der Waals surface area contributed by atoms with Crippen LogP contribution in [0.4, 0.5) is 0 Å². The Morgan fingerprint density at radius 3 is 2.50 bits per heavy atom. The molecular weight excluding hydrogens is 128 g/mol. The van der Waals surface area contributed by atoms with Crippen molar-refractivity contribution in [3.63, 3.8) is 0 Å². The van der Waals surface area contributed by atoms with Crippen LogP contribution in [0.3, 0.4) is 0 Å². The van der Waals surface area contributed by atoms with E-state index < -0.39 is 6.29 Å². The number of hydrogen-bond donors (Lipinski definition) is 1. The van der Waals surface area contributed by atoms with Crippen LogP contribution in [0.15, 0.2) is 0 Å². The minimum atomic E-state index is -0.555. The van der Waals surface area contributed by atoms with Crippen molar-refractivity contribution < 1.29 is 9.84 Å². The predicted molar refractivity (Wildman–Crippen MR) is 39.5 cm³/mol. The van der Waals surface area contributed by atoms with Gasteiger partial charge in [-0.15, -0.1) is 0 Å². The minimum absolute atomic E-state index is 0.221. The molecule has 0 spiro atoms. The Labute approximate surface area is 62.2 Å². The highest BCUT2D eigenvalue weighted by atomic mass is 16.6. The second kappa shape index (κ2) is 3.35. The van der Waals surface area contributed by atoms with E-state index in [2.05, 4.69) is 0 Å². The Bertz CT molecular complexity index is 97.4. The second-order valence-electron chi connectivity index (χ2n) is 3.41. The maximum absolute atomic E-state index is 9.18. The van der Waals surface area contributed by atoms with E-state index in [1.54, 1.807) is 0 Å². The Hall–Kier alpha value is -0.0800. The SMILES string of the molecule is CC(C)C(O)OCC1CC1. The molecule has 10 heavy (non-hydrogen) atoms. The molecule has 0 radical (unpaired) electrons. The van der Waals surface area contributed by atoms with Gasteiger partial charge in [0.2, 0.25) is 0 Å². The fourth-order valence-corrected chi connectivity index (χ4v) is 0.712. The van der Waals surface area contributed by atoms with Crippen LogP contribution in [0, 0.1) is 11.8 Å². The maximum Gasteiger partial charge on any atom is 0.156 e. The molecule has 1 unspecified atom stereocenters. The average Bonchev–Trinajstić information content (AvgIpc) is 2.64. The first-order chi connectivity index (χ1) is 4.70. The van der Waals surface area contributed by atoms with Crippen molar-refractivity contribution >= 4 is 0 Å². The van der Waals surface area contributed by atoms with Crippen LogP contribution in [0.1, 0.15) is 26.7 Å². The van der Waals surface area contributed by atoms with Gasteiger partial charge in [0.05, 0.1) is 6.61 Å². The van der Waals surface area contributed by atoms with Crippen LogP contribution in [0.25, 0.3) is 0 Å². The zero-order chi connectivity index (χ0) is 7.56. The topological polar surface area (TPSA) is 29.5 Å². The third-order valence-electron chi connectivity index (χ3n) is 1.77. The molecule has 2 heteroatoms. The van der Waals surface area contributed by atoms with Gasteiger partial charge < -0.3 is 9.84 Å². The van der Waals surface area contributed by atoms with Crippen LogP contribution in [-0.4, -0.2) is 18.0 Å². The Morgan fingerprint density at radius 1 is 1.50 bits per heavy atom. The molecule has 0 aromatic rings. The zero-order valence-corrected chi connectivity index (χ0v) is 6.71. The van der Waals surface area contributed by atoms with Gasteiger partial charge in [0, 0.05) is 5.92 Å². The van der Waals surface area contributed by atoms with Crippen LogP contribution >= 0.6 is 0 Å². The lowest BCUT2D eigenvalue weighted by Gasteiger charge is -2.14. The summed E-state index contributed by atoms with van der Waals surface area (Å²) in [4.78, 5) is 0. The van der Waals surface area contributed by atoms with Crippen molar-refractivity contribution in [2.75, 3.05) is 6.61 Å². The molecule has 1 fully saturated rings. The van der Waals surface area contributed by atoms with Crippen molar-refractivity contribution in [3.8, 4) is 0 Å². The normalized spacial score (nSPS) is 21.6. The van der Waals surface area contributed by atoms with Gasteiger partial charge in [-0.2, -0.15) is 0 Å². The third-order valence-corrected chi connectivity index (χ3v) is 1.77. The number of aliphatic hydroxyl groups excluding tert-OH is 1. The highest BCUT2D eigenvalue weighted by Gasteiger charge is 2.23.